The van der Waals surface area contributed by atoms with Crippen LogP contribution in [0.1, 0.15) is 25.2 Å². The van der Waals surface area contributed by atoms with Crippen LogP contribution in [0.2, 0.25) is 0 Å². The molecule has 3 heterocycles. The van der Waals surface area contributed by atoms with E-state index in [-0.39, 0.29) is 24.0 Å². The number of piperazine rings is 1. The molecule has 30 heavy (non-hydrogen) atoms. The van der Waals surface area contributed by atoms with Gasteiger partial charge in [0.2, 0.25) is 5.13 Å². The van der Waals surface area contributed by atoms with Gasteiger partial charge in [0.1, 0.15) is 5.82 Å². The Morgan fingerprint density at radius 3 is 2.73 bits per heavy atom. The molecule has 1 aliphatic rings. The van der Waals surface area contributed by atoms with Gasteiger partial charge >= 0.3 is 0 Å². The molecule has 2 N–H and O–H groups in total. The number of para-hydroxylation sites is 1. The van der Waals surface area contributed by atoms with E-state index in [0.717, 1.165) is 69.0 Å². The molecule has 2 aromatic heterocycles. The predicted octanol–water partition coefficient (Wildman–Crippen LogP) is 3.53. The maximum absolute atomic E-state index is 4.91. The molecule has 1 fully saturated rings. The number of anilines is 1. The van der Waals surface area contributed by atoms with Gasteiger partial charge in [-0.15, -0.1) is 24.0 Å². The third-order valence-corrected chi connectivity index (χ3v) is 6.09. The Bertz CT molecular complexity index is 959. The number of aryl methyl sites for hydroxylation is 1. The summed E-state index contributed by atoms with van der Waals surface area (Å²) in [5.74, 6) is 1.96. The minimum absolute atomic E-state index is 0. The highest BCUT2D eigenvalue weighted by molar-refractivity contribution is 14.0. The number of H-pyrrole nitrogens is 1. The van der Waals surface area contributed by atoms with Crippen molar-refractivity contribution in [1.29, 1.82) is 0 Å². The highest BCUT2D eigenvalue weighted by Crippen LogP contribution is 2.20. The van der Waals surface area contributed by atoms with Gasteiger partial charge in [0.25, 0.3) is 0 Å². The average Bonchev–Trinajstić information content (AvgIpc) is 3.41. The van der Waals surface area contributed by atoms with Crippen molar-refractivity contribution < 1.29 is 0 Å². The Morgan fingerprint density at radius 1 is 1.20 bits per heavy atom. The lowest BCUT2D eigenvalue weighted by Crippen LogP contribution is -2.52. The van der Waals surface area contributed by atoms with Gasteiger partial charge in [0, 0.05) is 74.3 Å². The van der Waals surface area contributed by atoms with Crippen LogP contribution >= 0.6 is 35.5 Å². The first-order valence-electron chi connectivity index (χ1n) is 10.4. The molecule has 1 aliphatic heterocycles. The lowest BCUT2D eigenvalue weighted by atomic mass is 10.1. The summed E-state index contributed by atoms with van der Waals surface area (Å²) in [4.78, 5) is 17.6. The maximum Gasteiger partial charge on any atom is 0.205 e. The van der Waals surface area contributed by atoms with E-state index in [0.29, 0.717) is 0 Å². The molecule has 0 saturated carbocycles. The molecule has 0 aliphatic carbocycles. The van der Waals surface area contributed by atoms with E-state index in [1.807, 2.05) is 0 Å². The van der Waals surface area contributed by atoms with Crippen molar-refractivity contribution in [1.82, 2.24) is 24.6 Å². The van der Waals surface area contributed by atoms with E-state index >= 15 is 0 Å². The average molecular weight is 539 g/mol. The molecule has 9 heteroatoms. The number of aromatic nitrogens is 3. The number of aliphatic imine (C=N–C) groups is 1. The van der Waals surface area contributed by atoms with Crippen LogP contribution in [0, 0.1) is 0 Å². The first kappa shape index (κ1) is 22.8. The predicted molar refractivity (Wildman–Crippen MR) is 136 cm³/mol. The molecule has 1 saturated heterocycles. The van der Waals surface area contributed by atoms with E-state index in [4.69, 9.17) is 4.99 Å². The second-order valence-electron chi connectivity index (χ2n) is 7.17. The summed E-state index contributed by atoms with van der Waals surface area (Å²) in [6.07, 6.45) is 3.94. The van der Waals surface area contributed by atoms with Crippen LogP contribution in [0.25, 0.3) is 10.9 Å². The van der Waals surface area contributed by atoms with Gasteiger partial charge < -0.3 is 20.1 Å². The first-order chi connectivity index (χ1) is 14.3. The number of halogens is 1. The molecule has 7 nitrogen and oxygen atoms in total. The topological polar surface area (TPSA) is 72.4 Å². The van der Waals surface area contributed by atoms with Crippen molar-refractivity contribution in [2.24, 2.45) is 4.99 Å². The normalized spacial score (nSPS) is 14.8. The number of nitrogens with one attached hydrogen (secondary N) is 2. The van der Waals surface area contributed by atoms with Crippen molar-refractivity contribution in [3.8, 4) is 0 Å². The van der Waals surface area contributed by atoms with Gasteiger partial charge in [0.05, 0.1) is 0 Å². The molecule has 4 rings (SSSR count). The molecular formula is C21H30IN7S. The summed E-state index contributed by atoms with van der Waals surface area (Å²) in [7, 11) is 0. The number of benzene rings is 1. The number of rotatable bonds is 6. The lowest BCUT2D eigenvalue weighted by Gasteiger charge is -2.36. The number of nitrogens with zero attached hydrogens (tertiary/aromatic N) is 5. The minimum atomic E-state index is 0. The summed E-state index contributed by atoms with van der Waals surface area (Å²) in [6.45, 7) is 9.66. The van der Waals surface area contributed by atoms with E-state index < -0.39 is 0 Å². The van der Waals surface area contributed by atoms with Crippen molar-refractivity contribution in [2.45, 2.75) is 26.7 Å². The van der Waals surface area contributed by atoms with Crippen LogP contribution in [-0.4, -0.2) is 64.5 Å². The van der Waals surface area contributed by atoms with Gasteiger partial charge in [-0.3, -0.25) is 4.99 Å². The van der Waals surface area contributed by atoms with Crippen LogP contribution in [0.4, 0.5) is 5.13 Å². The molecule has 0 radical (unpaired) electrons. The van der Waals surface area contributed by atoms with Crippen molar-refractivity contribution in [2.75, 3.05) is 44.2 Å². The zero-order chi connectivity index (χ0) is 20.1. The van der Waals surface area contributed by atoms with E-state index in [1.165, 1.54) is 28.0 Å². The van der Waals surface area contributed by atoms with Crippen molar-refractivity contribution in [3.05, 3.63) is 41.9 Å². The van der Waals surface area contributed by atoms with E-state index in [9.17, 15) is 0 Å². The second-order valence-corrected chi connectivity index (χ2v) is 7.90. The molecule has 0 atom stereocenters. The Labute approximate surface area is 199 Å². The third kappa shape index (κ3) is 5.23. The summed E-state index contributed by atoms with van der Waals surface area (Å²) >= 11 is 1.51. The summed E-state index contributed by atoms with van der Waals surface area (Å²) < 4.78 is 4.42. The number of guanidine groups is 1. The van der Waals surface area contributed by atoms with Crippen LogP contribution in [0.3, 0.4) is 0 Å². The van der Waals surface area contributed by atoms with Gasteiger partial charge in [-0.1, -0.05) is 25.1 Å². The largest absolute Gasteiger partial charge is 0.361 e. The van der Waals surface area contributed by atoms with E-state index in [2.05, 4.69) is 73.8 Å². The summed E-state index contributed by atoms with van der Waals surface area (Å²) in [5, 5.41) is 5.80. The highest BCUT2D eigenvalue weighted by atomic mass is 127. The highest BCUT2D eigenvalue weighted by Gasteiger charge is 2.22. The van der Waals surface area contributed by atoms with Crippen LogP contribution in [0.5, 0.6) is 0 Å². The molecule has 3 aromatic rings. The van der Waals surface area contributed by atoms with Gasteiger partial charge in [-0.05, 0) is 25.0 Å². The standard InChI is InChI=1S/C21H29N7S.HI/c1-3-19-25-21(29-26-19)28-13-11-27(12-14-28)20(22-4-2)23-10-9-16-15-24-18-8-6-5-7-17(16)18;/h5-8,15,24H,3-4,9-14H2,1-2H3,(H,22,23);1H. The second kappa shape index (κ2) is 10.9. The fourth-order valence-electron chi connectivity index (χ4n) is 3.67. The summed E-state index contributed by atoms with van der Waals surface area (Å²) in [6, 6.07) is 8.45. The quantitative estimate of drug-likeness (QED) is 0.285. The van der Waals surface area contributed by atoms with Crippen molar-refractivity contribution in [3.63, 3.8) is 0 Å². The fraction of sp³-hybridized carbons (Fsp3) is 0.476. The fourth-order valence-corrected chi connectivity index (χ4v) is 4.47. The Morgan fingerprint density at radius 2 is 2.00 bits per heavy atom. The first-order valence-corrected chi connectivity index (χ1v) is 11.2. The van der Waals surface area contributed by atoms with Gasteiger partial charge in [-0.2, -0.15) is 4.37 Å². The van der Waals surface area contributed by atoms with E-state index in [1.54, 1.807) is 0 Å². The number of fused-ring (bicyclic) bond motifs is 1. The lowest BCUT2D eigenvalue weighted by molar-refractivity contribution is 0.372. The Kier molecular flexibility index (Phi) is 8.32. The molecule has 1 aromatic carbocycles. The van der Waals surface area contributed by atoms with Crippen LogP contribution < -0.4 is 10.2 Å². The number of hydrogen-bond acceptors (Lipinski definition) is 5. The van der Waals surface area contributed by atoms with Crippen molar-refractivity contribution >= 4 is 57.5 Å². The Balaban J connectivity index is 0.00000256. The van der Waals surface area contributed by atoms with Gasteiger partial charge in [0.15, 0.2) is 5.96 Å². The zero-order valence-electron chi connectivity index (χ0n) is 17.6. The van der Waals surface area contributed by atoms with Gasteiger partial charge in [-0.25, -0.2) is 4.98 Å². The van der Waals surface area contributed by atoms with Crippen LogP contribution in [0.15, 0.2) is 35.5 Å². The molecule has 0 unspecified atom stereocenters. The SMILES string of the molecule is CCNC(=NCCc1c[nH]c2ccccc12)N1CCN(c2nc(CC)ns2)CC1.I. The monoisotopic (exact) mass is 539 g/mol. The molecule has 0 amide bonds. The zero-order valence-corrected chi connectivity index (χ0v) is 20.7. The smallest absolute Gasteiger partial charge is 0.205 e. The minimum Gasteiger partial charge on any atom is -0.361 e. The molecule has 0 bridgehead atoms. The maximum atomic E-state index is 4.91. The molecular weight excluding hydrogens is 509 g/mol. The third-order valence-electron chi connectivity index (χ3n) is 5.28. The molecule has 162 valence electrons. The molecule has 0 spiro atoms. The van der Waals surface area contributed by atoms with Crippen LogP contribution in [-0.2, 0) is 12.8 Å². The number of hydrogen-bond donors (Lipinski definition) is 2. The Hall–Kier alpha value is -1.88. The number of aromatic amines is 1. The summed E-state index contributed by atoms with van der Waals surface area (Å²) in [5.41, 5.74) is 2.52.